The van der Waals surface area contributed by atoms with Gasteiger partial charge in [0.2, 0.25) is 0 Å². The first-order valence-electron chi connectivity index (χ1n) is 5.63. The number of nitrogens with zero attached hydrogens (tertiary/aromatic N) is 4. The quantitative estimate of drug-likeness (QED) is 0.861. The molecule has 0 amide bonds. The monoisotopic (exact) mass is 299 g/mol. The first kappa shape index (κ1) is 14.0. The Kier molecular flexibility index (Phi) is 4.16. The van der Waals surface area contributed by atoms with Crippen LogP contribution in [0, 0.1) is 0 Å². The van der Waals surface area contributed by atoms with Crippen LogP contribution in [0.3, 0.4) is 0 Å². The molecule has 2 atom stereocenters. The normalized spacial score (nSPS) is 14.3. The first-order chi connectivity index (χ1) is 8.99. The van der Waals surface area contributed by atoms with Crippen LogP contribution in [0.25, 0.3) is 11.4 Å². The van der Waals surface area contributed by atoms with E-state index >= 15 is 0 Å². The van der Waals surface area contributed by atoms with Crippen LogP contribution < -0.4 is 5.73 Å². The Bertz CT molecular complexity index is 615. The van der Waals surface area contributed by atoms with Gasteiger partial charge in [0.15, 0.2) is 5.82 Å². The fourth-order valence-electron chi connectivity index (χ4n) is 1.58. The Morgan fingerprint density at radius 1 is 1.53 bits per heavy atom. The lowest BCUT2D eigenvalue weighted by molar-refractivity contribution is 0.579. The zero-order chi connectivity index (χ0) is 14.0. The summed E-state index contributed by atoms with van der Waals surface area (Å²) in [5.41, 5.74) is 6.94. The number of nitrogens with two attached hydrogens (primary N) is 1. The maximum Gasteiger partial charge on any atom is 0.183 e. The lowest BCUT2D eigenvalue weighted by Gasteiger charge is -2.10. The second kappa shape index (κ2) is 5.66. The van der Waals surface area contributed by atoms with Crippen molar-refractivity contribution in [3.05, 3.63) is 23.2 Å². The van der Waals surface area contributed by atoms with Crippen LogP contribution in [0.4, 0.5) is 5.69 Å². The molecule has 19 heavy (non-hydrogen) atoms. The third-order valence-electron chi connectivity index (χ3n) is 2.76. The highest BCUT2D eigenvalue weighted by molar-refractivity contribution is 7.84. The second-order valence-corrected chi connectivity index (χ2v) is 6.44. The molecule has 1 aromatic heterocycles. The van der Waals surface area contributed by atoms with Crippen molar-refractivity contribution < 1.29 is 4.21 Å². The van der Waals surface area contributed by atoms with Crippen molar-refractivity contribution >= 4 is 28.1 Å². The van der Waals surface area contributed by atoms with E-state index in [1.54, 1.807) is 29.1 Å². The van der Waals surface area contributed by atoms with Crippen LogP contribution in [0.1, 0.15) is 6.92 Å². The van der Waals surface area contributed by atoms with Gasteiger partial charge in [0, 0.05) is 28.3 Å². The fourth-order valence-corrected chi connectivity index (χ4v) is 2.21. The van der Waals surface area contributed by atoms with Gasteiger partial charge in [-0.3, -0.25) is 4.21 Å². The van der Waals surface area contributed by atoms with Crippen molar-refractivity contribution in [3.63, 3.8) is 0 Å². The number of nitrogen functional groups attached to an aromatic ring is 1. The predicted octanol–water partition coefficient (Wildman–Crippen LogP) is 1.34. The largest absolute Gasteiger partial charge is 0.399 e. The molecule has 0 spiro atoms. The van der Waals surface area contributed by atoms with Crippen LogP contribution in [-0.2, 0) is 17.3 Å². The molecule has 2 aromatic rings. The van der Waals surface area contributed by atoms with Crippen LogP contribution in [0.2, 0.25) is 5.02 Å². The summed E-state index contributed by atoms with van der Waals surface area (Å²) in [6.45, 7) is 2.35. The summed E-state index contributed by atoms with van der Waals surface area (Å²) in [5, 5.41) is 12.0. The highest BCUT2D eigenvalue weighted by Crippen LogP contribution is 2.27. The Balaban J connectivity index is 2.36. The zero-order valence-electron chi connectivity index (χ0n) is 10.6. The number of rotatable bonds is 4. The van der Waals surface area contributed by atoms with Gasteiger partial charge in [-0.2, -0.15) is 0 Å². The zero-order valence-corrected chi connectivity index (χ0v) is 12.1. The SMILES string of the molecule is CC(Cn1nnnc1-c1ccc(N)cc1Cl)S(C)=O. The van der Waals surface area contributed by atoms with Crippen LogP contribution in [0.5, 0.6) is 0 Å². The molecule has 1 aromatic carbocycles. The number of tetrazole rings is 1. The van der Waals surface area contributed by atoms with E-state index in [2.05, 4.69) is 15.5 Å². The molecular weight excluding hydrogens is 286 g/mol. The van der Waals surface area contributed by atoms with E-state index in [9.17, 15) is 4.21 Å². The predicted molar refractivity (Wildman–Crippen MR) is 76.2 cm³/mol. The molecule has 102 valence electrons. The lowest BCUT2D eigenvalue weighted by atomic mass is 10.2. The van der Waals surface area contributed by atoms with Gasteiger partial charge in [-0.15, -0.1) is 5.10 Å². The van der Waals surface area contributed by atoms with E-state index in [0.29, 0.717) is 28.6 Å². The molecule has 0 aliphatic heterocycles. The highest BCUT2D eigenvalue weighted by atomic mass is 35.5. The van der Waals surface area contributed by atoms with Crippen LogP contribution in [-0.4, -0.2) is 35.9 Å². The van der Waals surface area contributed by atoms with E-state index in [1.165, 1.54) is 0 Å². The smallest absolute Gasteiger partial charge is 0.183 e. The molecule has 0 aliphatic carbocycles. The number of hydrogen-bond donors (Lipinski definition) is 1. The third kappa shape index (κ3) is 3.10. The molecule has 0 saturated heterocycles. The van der Waals surface area contributed by atoms with Crippen molar-refractivity contribution in [1.29, 1.82) is 0 Å². The summed E-state index contributed by atoms with van der Waals surface area (Å²) < 4.78 is 13.0. The highest BCUT2D eigenvalue weighted by Gasteiger charge is 2.16. The molecule has 8 heteroatoms. The van der Waals surface area contributed by atoms with Gasteiger partial charge in [0.1, 0.15) is 0 Å². The van der Waals surface area contributed by atoms with Crippen molar-refractivity contribution in [2.45, 2.75) is 18.7 Å². The minimum Gasteiger partial charge on any atom is -0.399 e. The second-order valence-electron chi connectivity index (χ2n) is 4.23. The Morgan fingerprint density at radius 3 is 2.89 bits per heavy atom. The van der Waals surface area contributed by atoms with Crippen molar-refractivity contribution in [3.8, 4) is 11.4 Å². The molecular formula is C11H14ClN5OS. The molecule has 6 nitrogen and oxygen atoms in total. The molecule has 0 radical (unpaired) electrons. The van der Waals surface area contributed by atoms with Gasteiger partial charge in [-0.25, -0.2) is 4.68 Å². The first-order valence-corrected chi connectivity index (χ1v) is 7.62. The summed E-state index contributed by atoms with van der Waals surface area (Å²) in [6.07, 6.45) is 1.66. The Labute approximate surface area is 118 Å². The molecule has 2 rings (SSSR count). The van der Waals surface area contributed by atoms with E-state index < -0.39 is 10.8 Å². The molecule has 1 heterocycles. The van der Waals surface area contributed by atoms with Gasteiger partial charge in [0.25, 0.3) is 0 Å². The lowest BCUT2D eigenvalue weighted by Crippen LogP contribution is -2.19. The minimum atomic E-state index is -0.938. The fraction of sp³-hybridized carbons (Fsp3) is 0.364. The number of aromatic nitrogens is 4. The van der Waals surface area contributed by atoms with Gasteiger partial charge < -0.3 is 5.73 Å². The van der Waals surface area contributed by atoms with Crippen molar-refractivity contribution in [1.82, 2.24) is 20.2 Å². The van der Waals surface area contributed by atoms with Gasteiger partial charge in [0.05, 0.1) is 16.8 Å². The van der Waals surface area contributed by atoms with E-state index in [0.717, 1.165) is 0 Å². The summed E-state index contributed by atoms with van der Waals surface area (Å²) in [4.78, 5) is 0. The van der Waals surface area contributed by atoms with Crippen molar-refractivity contribution in [2.75, 3.05) is 12.0 Å². The summed E-state index contributed by atoms with van der Waals surface area (Å²) in [7, 11) is -0.938. The number of anilines is 1. The van der Waals surface area contributed by atoms with Crippen molar-refractivity contribution in [2.24, 2.45) is 0 Å². The minimum absolute atomic E-state index is 0.0465. The number of benzene rings is 1. The molecule has 2 unspecified atom stereocenters. The van der Waals surface area contributed by atoms with Gasteiger partial charge in [-0.05, 0) is 35.5 Å². The number of hydrogen-bond acceptors (Lipinski definition) is 5. The standard InChI is InChI=1S/C11H14ClN5OS/c1-7(19(2)18)6-17-11(14-15-16-17)9-4-3-8(13)5-10(9)12/h3-5,7H,6,13H2,1-2H3. The third-order valence-corrected chi connectivity index (χ3v) is 4.36. The van der Waals surface area contributed by atoms with E-state index in [-0.39, 0.29) is 5.25 Å². The molecule has 0 aliphatic rings. The topological polar surface area (TPSA) is 86.7 Å². The summed E-state index contributed by atoms with van der Waals surface area (Å²) in [6, 6.07) is 5.16. The van der Waals surface area contributed by atoms with E-state index in [1.807, 2.05) is 6.92 Å². The van der Waals surface area contributed by atoms with Crippen LogP contribution >= 0.6 is 11.6 Å². The van der Waals surface area contributed by atoms with Gasteiger partial charge in [-0.1, -0.05) is 11.6 Å². The van der Waals surface area contributed by atoms with Crippen LogP contribution in [0.15, 0.2) is 18.2 Å². The molecule has 0 fully saturated rings. The summed E-state index contributed by atoms with van der Waals surface area (Å²) in [5.74, 6) is 0.544. The average molecular weight is 300 g/mol. The summed E-state index contributed by atoms with van der Waals surface area (Å²) >= 11 is 6.14. The van der Waals surface area contributed by atoms with Gasteiger partial charge >= 0.3 is 0 Å². The Hall–Kier alpha value is -1.47. The molecule has 0 bridgehead atoms. The number of halogens is 1. The maximum atomic E-state index is 11.4. The molecule has 0 saturated carbocycles. The van der Waals surface area contributed by atoms with E-state index in [4.69, 9.17) is 17.3 Å². The average Bonchev–Trinajstić information content (AvgIpc) is 2.77. The Morgan fingerprint density at radius 2 is 2.26 bits per heavy atom. The maximum absolute atomic E-state index is 11.4. The molecule has 2 N–H and O–H groups in total.